The van der Waals surface area contributed by atoms with E-state index in [1.807, 2.05) is 36.4 Å². The fraction of sp³-hybridized carbons (Fsp3) is 0.267. The Morgan fingerprint density at radius 2 is 1.94 bits per heavy atom. The third-order valence-corrected chi connectivity index (χ3v) is 2.91. The Hall–Kier alpha value is -1.87. The van der Waals surface area contributed by atoms with Gasteiger partial charge in [-0.1, -0.05) is 30.3 Å². The van der Waals surface area contributed by atoms with E-state index in [-0.39, 0.29) is 11.8 Å². The van der Waals surface area contributed by atoms with Crippen molar-refractivity contribution in [1.82, 2.24) is 0 Å². The van der Waals surface area contributed by atoms with Crippen LogP contribution in [0.4, 0.5) is 0 Å². The van der Waals surface area contributed by atoms with Crippen molar-refractivity contribution in [2.45, 2.75) is 25.3 Å². The summed E-state index contributed by atoms with van der Waals surface area (Å²) in [7, 11) is 0. The van der Waals surface area contributed by atoms with Crippen molar-refractivity contribution in [2.75, 3.05) is 0 Å². The zero-order valence-electron chi connectivity index (χ0n) is 10.2. The standard InChI is InChI=1S/C15H17NO2/c16-15(12-5-2-1-3-6-12)9-8-13(17)11-14-7-4-10-18-14/h1-7,10,15H,8-9,11,16H2. The van der Waals surface area contributed by atoms with Crippen LogP contribution in [0.2, 0.25) is 0 Å². The molecule has 0 fully saturated rings. The Bertz CT molecular complexity index is 476. The minimum Gasteiger partial charge on any atom is -0.469 e. The van der Waals surface area contributed by atoms with Gasteiger partial charge in [0.05, 0.1) is 12.7 Å². The number of hydrogen-bond acceptors (Lipinski definition) is 3. The van der Waals surface area contributed by atoms with E-state index >= 15 is 0 Å². The van der Waals surface area contributed by atoms with Gasteiger partial charge >= 0.3 is 0 Å². The Labute approximate surface area is 107 Å². The summed E-state index contributed by atoms with van der Waals surface area (Å²) in [4.78, 5) is 11.7. The van der Waals surface area contributed by atoms with Crippen LogP contribution in [0.3, 0.4) is 0 Å². The summed E-state index contributed by atoms with van der Waals surface area (Å²) in [5, 5.41) is 0. The van der Waals surface area contributed by atoms with E-state index < -0.39 is 0 Å². The average Bonchev–Trinajstić information content (AvgIpc) is 2.90. The van der Waals surface area contributed by atoms with Crippen LogP contribution in [0.1, 0.15) is 30.2 Å². The minimum atomic E-state index is -0.0771. The van der Waals surface area contributed by atoms with Gasteiger partial charge in [-0.05, 0) is 24.1 Å². The van der Waals surface area contributed by atoms with E-state index in [1.165, 1.54) is 0 Å². The number of rotatable bonds is 6. The van der Waals surface area contributed by atoms with Crippen LogP contribution in [-0.2, 0) is 11.2 Å². The first-order valence-electron chi connectivity index (χ1n) is 6.10. The quantitative estimate of drug-likeness (QED) is 0.848. The highest BCUT2D eigenvalue weighted by Gasteiger charge is 2.10. The molecular weight excluding hydrogens is 226 g/mol. The number of furan rings is 1. The monoisotopic (exact) mass is 243 g/mol. The lowest BCUT2D eigenvalue weighted by Crippen LogP contribution is -2.13. The highest BCUT2D eigenvalue weighted by molar-refractivity contribution is 5.80. The highest BCUT2D eigenvalue weighted by Crippen LogP contribution is 2.16. The van der Waals surface area contributed by atoms with Gasteiger partial charge in [-0.15, -0.1) is 0 Å². The second-order valence-corrected chi connectivity index (χ2v) is 4.35. The third-order valence-electron chi connectivity index (χ3n) is 2.91. The molecule has 1 atom stereocenters. The summed E-state index contributed by atoms with van der Waals surface area (Å²) in [6.45, 7) is 0. The molecule has 0 amide bonds. The maximum atomic E-state index is 11.7. The van der Waals surface area contributed by atoms with Gasteiger partial charge in [-0.3, -0.25) is 4.79 Å². The van der Waals surface area contributed by atoms with Crippen LogP contribution in [0.15, 0.2) is 53.1 Å². The SMILES string of the molecule is NC(CCC(=O)Cc1ccco1)c1ccccc1. The van der Waals surface area contributed by atoms with Crippen molar-refractivity contribution in [2.24, 2.45) is 5.73 Å². The second kappa shape index (κ2) is 6.17. The molecule has 0 spiro atoms. The molecule has 2 N–H and O–H groups in total. The smallest absolute Gasteiger partial charge is 0.140 e. The average molecular weight is 243 g/mol. The Balaban J connectivity index is 1.79. The van der Waals surface area contributed by atoms with E-state index in [2.05, 4.69) is 0 Å². The van der Waals surface area contributed by atoms with Gasteiger partial charge in [0, 0.05) is 12.5 Å². The van der Waals surface area contributed by atoms with Gasteiger partial charge in [0.1, 0.15) is 11.5 Å². The van der Waals surface area contributed by atoms with E-state index in [9.17, 15) is 4.79 Å². The molecule has 1 unspecified atom stereocenters. The number of Topliss-reactive ketones (excluding diaryl/α,β-unsaturated/α-hetero) is 1. The normalized spacial score (nSPS) is 12.3. The van der Waals surface area contributed by atoms with Crippen molar-refractivity contribution in [1.29, 1.82) is 0 Å². The van der Waals surface area contributed by atoms with Gasteiger partial charge in [0.25, 0.3) is 0 Å². The van der Waals surface area contributed by atoms with E-state index in [0.29, 0.717) is 25.0 Å². The summed E-state index contributed by atoms with van der Waals surface area (Å²) in [6, 6.07) is 13.4. The van der Waals surface area contributed by atoms with Crippen molar-refractivity contribution >= 4 is 5.78 Å². The predicted octanol–water partition coefficient (Wildman–Crippen LogP) is 2.87. The van der Waals surface area contributed by atoms with Crippen LogP contribution < -0.4 is 5.73 Å². The zero-order valence-corrected chi connectivity index (χ0v) is 10.2. The fourth-order valence-electron chi connectivity index (χ4n) is 1.88. The van der Waals surface area contributed by atoms with Gasteiger partial charge in [0.15, 0.2) is 0 Å². The van der Waals surface area contributed by atoms with Crippen LogP contribution in [-0.4, -0.2) is 5.78 Å². The zero-order chi connectivity index (χ0) is 12.8. The van der Waals surface area contributed by atoms with E-state index in [1.54, 1.807) is 12.3 Å². The van der Waals surface area contributed by atoms with Gasteiger partial charge in [0.2, 0.25) is 0 Å². The third kappa shape index (κ3) is 3.57. The van der Waals surface area contributed by atoms with E-state index in [0.717, 1.165) is 5.56 Å². The van der Waals surface area contributed by atoms with Crippen LogP contribution in [0.25, 0.3) is 0 Å². The summed E-state index contributed by atoms with van der Waals surface area (Å²) in [5.74, 6) is 0.879. The largest absolute Gasteiger partial charge is 0.469 e. The van der Waals surface area contributed by atoms with Crippen molar-refractivity contribution in [3.8, 4) is 0 Å². The van der Waals surface area contributed by atoms with Crippen molar-refractivity contribution < 1.29 is 9.21 Å². The Kier molecular flexibility index (Phi) is 4.31. The first kappa shape index (κ1) is 12.6. The van der Waals surface area contributed by atoms with E-state index in [4.69, 9.17) is 10.2 Å². The second-order valence-electron chi connectivity index (χ2n) is 4.35. The molecule has 0 saturated heterocycles. The highest BCUT2D eigenvalue weighted by atomic mass is 16.3. The lowest BCUT2D eigenvalue weighted by Gasteiger charge is -2.10. The topological polar surface area (TPSA) is 56.2 Å². The summed E-state index contributed by atoms with van der Waals surface area (Å²) >= 11 is 0. The maximum Gasteiger partial charge on any atom is 0.140 e. The summed E-state index contributed by atoms with van der Waals surface area (Å²) in [5.41, 5.74) is 7.11. The molecule has 0 aliphatic heterocycles. The molecule has 1 aromatic carbocycles. The lowest BCUT2D eigenvalue weighted by molar-refractivity contribution is -0.118. The maximum absolute atomic E-state index is 11.7. The molecule has 0 bridgehead atoms. The van der Waals surface area contributed by atoms with Crippen LogP contribution in [0.5, 0.6) is 0 Å². The number of carbonyl (C=O) groups excluding carboxylic acids is 1. The van der Waals surface area contributed by atoms with Gasteiger partial charge in [-0.25, -0.2) is 0 Å². The molecule has 0 radical (unpaired) electrons. The van der Waals surface area contributed by atoms with Crippen molar-refractivity contribution in [3.63, 3.8) is 0 Å². The molecule has 2 aromatic rings. The lowest BCUT2D eigenvalue weighted by atomic mass is 10.0. The first-order chi connectivity index (χ1) is 8.75. The molecule has 0 saturated carbocycles. The molecule has 94 valence electrons. The minimum absolute atomic E-state index is 0.0771. The first-order valence-corrected chi connectivity index (χ1v) is 6.10. The number of ketones is 1. The molecule has 1 heterocycles. The Morgan fingerprint density at radius 1 is 1.17 bits per heavy atom. The Morgan fingerprint density at radius 3 is 2.61 bits per heavy atom. The van der Waals surface area contributed by atoms with Crippen LogP contribution >= 0.6 is 0 Å². The molecule has 0 aliphatic rings. The molecule has 18 heavy (non-hydrogen) atoms. The molecule has 1 aromatic heterocycles. The van der Waals surface area contributed by atoms with Crippen molar-refractivity contribution in [3.05, 3.63) is 60.1 Å². The number of hydrogen-bond donors (Lipinski definition) is 1. The van der Waals surface area contributed by atoms with Gasteiger partial charge < -0.3 is 10.2 Å². The number of nitrogens with two attached hydrogens (primary N) is 1. The fourth-order valence-corrected chi connectivity index (χ4v) is 1.88. The summed E-state index contributed by atoms with van der Waals surface area (Å²) in [6.07, 6.45) is 3.09. The number of benzene rings is 1. The molecule has 3 heteroatoms. The van der Waals surface area contributed by atoms with Gasteiger partial charge in [-0.2, -0.15) is 0 Å². The summed E-state index contributed by atoms with van der Waals surface area (Å²) < 4.78 is 5.14. The molecule has 2 rings (SSSR count). The molecular formula is C15H17NO2. The predicted molar refractivity (Wildman–Crippen MR) is 70.0 cm³/mol. The molecule has 3 nitrogen and oxygen atoms in total. The number of carbonyl (C=O) groups is 1. The van der Waals surface area contributed by atoms with Crippen LogP contribution in [0, 0.1) is 0 Å². The molecule has 0 aliphatic carbocycles.